The van der Waals surface area contributed by atoms with Crippen molar-refractivity contribution in [3.8, 4) is 5.75 Å². The largest absolute Gasteiger partial charge is 0.497 e. The maximum absolute atomic E-state index is 13.0. The number of carbonyl (C=O) groups excluding carboxylic acids is 2. The van der Waals surface area contributed by atoms with Crippen LogP contribution in [0.25, 0.3) is 0 Å². The van der Waals surface area contributed by atoms with Crippen LogP contribution in [-0.2, 0) is 14.3 Å². The molecule has 0 bridgehead atoms. The molecule has 132 valence electrons. The van der Waals surface area contributed by atoms with Gasteiger partial charge in [0.05, 0.1) is 18.4 Å². The summed E-state index contributed by atoms with van der Waals surface area (Å²) in [6.45, 7) is 2.09. The van der Waals surface area contributed by atoms with Gasteiger partial charge in [-0.25, -0.2) is 4.79 Å². The zero-order chi connectivity index (χ0) is 18.3. The van der Waals surface area contributed by atoms with E-state index in [2.05, 4.69) is 0 Å². The van der Waals surface area contributed by atoms with Crippen LogP contribution < -0.4 is 9.64 Å². The summed E-state index contributed by atoms with van der Waals surface area (Å²) in [5.74, 6) is -0.00770. The molecular weight excluding hydrogens is 330 g/mol. The van der Waals surface area contributed by atoms with Gasteiger partial charge in [-0.15, -0.1) is 0 Å². The summed E-state index contributed by atoms with van der Waals surface area (Å²) in [5, 5.41) is 0. The van der Waals surface area contributed by atoms with Gasteiger partial charge in [0.15, 0.2) is 0 Å². The Hall–Kier alpha value is -3.08. The average molecular weight is 349 g/mol. The van der Waals surface area contributed by atoms with Gasteiger partial charge in [0.25, 0.3) is 0 Å². The number of esters is 1. The van der Waals surface area contributed by atoms with E-state index < -0.39 is 0 Å². The Morgan fingerprint density at radius 2 is 1.92 bits per heavy atom. The van der Waals surface area contributed by atoms with Crippen LogP contribution in [-0.4, -0.2) is 25.6 Å². The van der Waals surface area contributed by atoms with E-state index in [9.17, 15) is 9.59 Å². The van der Waals surface area contributed by atoms with Crippen molar-refractivity contribution < 1.29 is 19.1 Å². The molecule has 4 rings (SSSR count). The van der Waals surface area contributed by atoms with Crippen molar-refractivity contribution in [2.75, 3.05) is 18.6 Å². The van der Waals surface area contributed by atoms with Gasteiger partial charge in [-0.1, -0.05) is 24.3 Å². The minimum atomic E-state index is -0.349. The minimum absolute atomic E-state index is 0.0412. The van der Waals surface area contributed by atoms with Gasteiger partial charge in [0, 0.05) is 18.0 Å². The highest BCUT2D eigenvalue weighted by Gasteiger charge is 2.43. The molecule has 0 aliphatic carbocycles. The normalized spacial score (nSPS) is 19.5. The lowest BCUT2D eigenvalue weighted by Crippen LogP contribution is -2.37. The number of nitrogens with zero attached hydrogens (tertiary/aromatic N) is 1. The summed E-state index contributed by atoms with van der Waals surface area (Å²) in [5.41, 5.74) is 3.92. The molecule has 0 unspecified atom stereocenters. The Kier molecular flexibility index (Phi) is 3.99. The Balaban J connectivity index is 1.83. The van der Waals surface area contributed by atoms with Gasteiger partial charge in [0.1, 0.15) is 12.4 Å². The van der Waals surface area contributed by atoms with Crippen LogP contribution in [0, 0.1) is 6.92 Å². The predicted octanol–water partition coefficient (Wildman–Crippen LogP) is 3.34. The monoisotopic (exact) mass is 349 g/mol. The molecule has 5 nitrogen and oxygen atoms in total. The molecule has 0 spiro atoms. The molecule has 26 heavy (non-hydrogen) atoms. The number of carbonyl (C=O) groups is 2. The fourth-order valence-corrected chi connectivity index (χ4v) is 3.66. The number of aryl methyl sites for hydroxylation is 1. The van der Waals surface area contributed by atoms with Crippen molar-refractivity contribution in [2.45, 2.75) is 19.3 Å². The van der Waals surface area contributed by atoms with Gasteiger partial charge in [-0.3, -0.25) is 9.69 Å². The van der Waals surface area contributed by atoms with Gasteiger partial charge >= 0.3 is 5.97 Å². The molecule has 0 aromatic heterocycles. The molecule has 2 aliphatic heterocycles. The topological polar surface area (TPSA) is 55.8 Å². The third-order valence-corrected chi connectivity index (χ3v) is 4.87. The highest BCUT2D eigenvalue weighted by molar-refractivity contribution is 6.06. The van der Waals surface area contributed by atoms with Crippen LogP contribution in [0.4, 0.5) is 5.69 Å². The van der Waals surface area contributed by atoms with E-state index in [-0.39, 0.29) is 30.8 Å². The third kappa shape index (κ3) is 2.65. The van der Waals surface area contributed by atoms with Crippen molar-refractivity contribution in [2.24, 2.45) is 0 Å². The number of cyclic esters (lactones) is 1. The average Bonchev–Trinajstić information content (AvgIpc) is 3.02. The van der Waals surface area contributed by atoms with Gasteiger partial charge in [-0.2, -0.15) is 0 Å². The highest BCUT2D eigenvalue weighted by Crippen LogP contribution is 2.42. The summed E-state index contributed by atoms with van der Waals surface area (Å²) in [6.07, 6.45) is 0.217. The maximum Gasteiger partial charge on any atom is 0.336 e. The molecule has 0 radical (unpaired) electrons. The quantitative estimate of drug-likeness (QED) is 0.798. The summed E-state index contributed by atoms with van der Waals surface area (Å²) in [6, 6.07) is 15.2. The molecule has 0 saturated heterocycles. The molecule has 1 amide bonds. The summed E-state index contributed by atoms with van der Waals surface area (Å²) < 4.78 is 10.6. The molecule has 0 saturated carbocycles. The van der Waals surface area contributed by atoms with Crippen molar-refractivity contribution in [3.63, 3.8) is 0 Å². The molecule has 2 aromatic carbocycles. The summed E-state index contributed by atoms with van der Waals surface area (Å²) in [4.78, 5) is 27.1. The molecule has 2 aromatic rings. The summed E-state index contributed by atoms with van der Waals surface area (Å²) >= 11 is 0. The zero-order valence-corrected chi connectivity index (χ0v) is 14.7. The lowest BCUT2D eigenvalue weighted by Gasteiger charge is -2.32. The van der Waals surface area contributed by atoms with Crippen molar-refractivity contribution in [1.82, 2.24) is 0 Å². The highest BCUT2D eigenvalue weighted by atomic mass is 16.5. The third-order valence-electron chi connectivity index (χ3n) is 4.87. The van der Waals surface area contributed by atoms with E-state index in [1.807, 2.05) is 55.5 Å². The van der Waals surface area contributed by atoms with Gasteiger partial charge < -0.3 is 9.47 Å². The number of anilines is 1. The number of rotatable bonds is 3. The van der Waals surface area contributed by atoms with Gasteiger partial charge in [0.2, 0.25) is 5.91 Å². The van der Waals surface area contributed by atoms with Crippen molar-refractivity contribution in [1.29, 1.82) is 0 Å². The Morgan fingerprint density at radius 3 is 2.69 bits per heavy atom. The number of hydrogen-bond donors (Lipinski definition) is 0. The molecule has 0 fully saturated rings. The van der Waals surface area contributed by atoms with Crippen LogP contribution in [0.5, 0.6) is 5.75 Å². The van der Waals surface area contributed by atoms with E-state index in [1.165, 1.54) is 0 Å². The SMILES string of the molecule is COc1cccc([C@@H]2CC(=O)N(c3cccc(C)c3)C3=C2C(=O)OC3)c1. The second-order valence-corrected chi connectivity index (χ2v) is 6.54. The molecule has 2 heterocycles. The van der Waals surface area contributed by atoms with E-state index in [0.717, 1.165) is 16.8 Å². The van der Waals surface area contributed by atoms with Crippen LogP contribution in [0.2, 0.25) is 0 Å². The number of methoxy groups -OCH3 is 1. The fourth-order valence-electron chi connectivity index (χ4n) is 3.66. The first kappa shape index (κ1) is 16.4. The summed E-state index contributed by atoms with van der Waals surface area (Å²) in [7, 11) is 1.60. The number of ether oxygens (including phenoxy) is 2. The van der Waals surface area contributed by atoms with Crippen LogP contribution in [0.15, 0.2) is 59.8 Å². The standard InChI is InChI=1S/C21H19NO4/c1-13-5-3-7-15(9-13)22-18-12-26-21(24)20(18)17(11-19(22)23)14-6-4-8-16(10-14)25-2/h3-10,17H,11-12H2,1-2H3/t17-/m0/s1. The molecule has 1 atom stereocenters. The second-order valence-electron chi connectivity index (χ2n) is 6.54. The molecule has 0 N–H and O–H groups in total. The lowest BCUT2D eigenvalue weighted by atomic mass is 9.84. The molecular formula is C21H19NO4. The Bertz CT molecular complexity index is 931. The first-order valence-corrected chi connectivity index (χ1v) is 8.52. The van der Waals surface area contributed by atoms with E-state index in [4.69, 9.17) is 9.47 Å². The number of amides is 1. The van der Waals surface area contributed by atoms with Crippen LogP contribution in [0.3, 0.4) is 0 Å². The van der Waals surface area contributed by atoms with Crippen LogP contribution >= 0.6 is 0 Å². The minimum Gasteiger partial charge on any atom is -0.497 e. The molecule has 5 heteroatoms. The zero-order valence-electron chi connectivity index (χ0n) is 14.7. The molecule has 2 aliphatic rings. The Morgan fingerprint density at radius 1 is 1.12 bits per heavy atom. The first-order valence-electron chi connectivity index (χ1n) is 8.52. The lowest BCUT2D eigenvalue weighted by molar-refractivity contribution is -0.136. The predicted molar refractivity (Wildman–Crippen MR) is 97.0 cm³/mol. The fraction of sp³-hybridized carbons (Fsp3) is 0.238. The second kappa shape index (κ2) is 6.33. The van der Waals surface area contributed by atoms with E-state index in [1.54, 1.807) is 12.0 Å². The van der Waals surface area contributed by atoms with E-state index >= 15 is 0 Å². The number of hydrogen-bond acceptors (Lipinski definition) is 4. The number of benzene rings is 2. The Labute approximate surface area is 151 Å². The smallest absolute Gasteiger partial charge is 0.336 e. The van der Waals surface area contributed by atoms with E-state index in [0.29, 0.717) is 17.0 Å². The van der Waals surface area contributed by atoms with Crippen molar-refractivity contribution >= 4 is 17.6 Å². The van der Waals surface area contributed by atoms with Gasteiger partial charge in [-0.05, 0) is 42.3 Å². The van der Waals surface area contributed by atoms with Crippen molar-refractivity contribution in [3.05, 3.63) is 70.9 Å². The maximum atomic E-state index is 13.0. The first-order chi connectivity index (χ1) is 12.6. The van der Waals surface area contributed by atoms with Crippen LogP contribution in [0.1, 0.15) is 23.5 Å².